The summed E-state index contributed by atoms with van der Waals surface area (Å²) in [5, 5.41) is 12.6. The van der Waals surface area contributed by atoms with Crippen LogP contribution in [0.3, 0.4) is 0 Å². The van der Waals surface area contributed by atoms with E-state index in [9.17, 15) is 23.1 Å². The second kappa shape index (κ2) is 7.43. The molecular weight excluding hydrogens is 344 g/mol. The maximum Gasteiger partial charge on any atom is 0.416 e. The molecule has 0 amide bonds. The summed E-state index contributed by atoms with van der Waals surface area (Å²) in [6.07, 6.45) is -3.08. The Bertz CT molecular complexity index is 929. The van der Waals surface area contributed by atoms with Crippen LogP contribution in [0.1, 0.15) is 15.9 Å². The van der Waals surface area contributed by atoms with Crippen molar-refractivity contribution in [2.24, 2.45) is 0 Å². The van der Waals surface area contributed by atoms with E-state index in [4.69, 9.17) is 0 Å². The zero-order chi connectivity index (χ0) is 17.3. The van der Waals surface area contributed by atoms with Gasteiger partial charge in [0.1, 0.15) is 0 Å². The van der Waals surface area contributed by atoms with Crippen molar-refractivity contribution >= 4 is 57.8 Å². The summed E-state index contributed by atoms with van der Waals surface area (Å²) in [5.41, 5.74) is 0.266. The van der Waals surface area contributed by atoms with Crippen LogP contribution in [0.15, 0.2) is 54.7 Å². The van der Waals surface area contributed by atoms with Crippen molar-refractivity contribution in [2.75, 3.05) is 5.32 Å². The summed E-state index contributed by atoms with van der Waals surface area (Å²) in [5.74, 6) is -1.10. The van der Waals surface area contributed by atoms with Crippen LogP contribution in [-0.2, 0) is 6.18 Å². The van der Waals surface area contributed by atoms with Crippen LogP contribution in [-0.4, -0.2) is 45.6 Å². The van der Waals surface area contributed by atoms with Gasteiger partial charge >= 0.3 is 12.1 Å². The number of hydrogen-bond acceptors (Lipinski definition) is 3. The molecule has 2 aromatic carbocycles. The minimum absolute atomic E-state index is 0. The van der Waals surface area contributed by atoms with Crippen molar-refractivity contribution in [3.8, 4) is 0 Å². The molecule has 0 aliphatic rings. The third-order valence-electron chi connectivity index (χ3n) is 3.50. The number of benzene rings is 2. The van der Waals surface area contributed by atoms with Crippen LogP contribution >= 0.6 is 0 Å². The molecule has 0 saturated heterocycles. The number of anilines is 2. The average molecular weight is 355 g/mol. The Morgan fingerprint density at radius 1 is 1.04 bits per heavy atom. The fourth-order valence-electron chi connectivity index (χ4n) is 2.36. The van der Waals surface area contributed by atoms with Crippen molar-refractivity contribution in [3.63, 3.8) is 0 Å². The van der Waals surface area contributed by atoms with E-state index in [1.54, 1.807) is 24.3 Å². The number of aromatic carboxylic acids is 1. The predicted molar refractivity (Wildman–Crippen MR) is 89.2 cm³/mol. The molecule has 0 atom stereocenters. The molecule has 8 heteroatoms. The minimum atomic E-state index is -4.45. The van der Waals surface area contributed by atoms with Gasteiger partial charge in [-0.05, 0) is 30.3 Å². The first kappa shape index (κ1) is 19.2. The van der Waals surface area contributed by atoms with E-state index in [0.29, 0.717) is 16.8 Å². The van der Waals surface area contributed by atoms with Gasteiger partial charge < -0.3 is 10.4 Å². The molecule has 0 fully saturated rings. The molecule has 4 nitrogen and oxygen atoms in total. The molecule has 1 radical (unpaired) electrons. The van der Waals surface area contributed by atoms with Crippen molar-refractivity contribution in [2.45, 2.75) is 6.18 Å². The maximum absolute atomic E-state index is 12.8. The molecule has 2 N–H and O–H groups in total. The number of pyridine rings is 1. The number of alkyl halides is 3. The minimum Gasteiger partial charge on any atom is -0.478 e. The standard InChI is InChI=1S/C17H11F3N2O2.Na/c18-17(19,20)10-5-6-11-14(7-8-21-15(11)9-10)22-13-4-2-1-3-12(13)16(23)24;/h1-9H,(H,21,22)(H,23,24);. The van der Waals surface area contributed by atoms with E-state index in [2.05, 4.69) is 10.3 Å². The number of para-hydroxylation sites is 1. The Kier molecular flexibility index (Phi) is 5.72. The normalized spacial score (nSPS) is 11.0. The molecule has 123 valence electrons. The van der Waals surface area contributed by atoms with Gasteiger partial charge in [-0.15, -0.1) is 0 Å². The zero-order valence-corrected chi connectivity index (χ0v) is 15.1. The first-order chi connectivity index (χ1) is 11.4. The Morgan fingerprint density at radius 3 is 2.44 bits per heavy atom. The molecule has 1 aromatic heterocycles. The van der Waals surface area contributed by atoms with E-state index in [1.807, 2.05) is 0 Å². The molecular formula is C17H11F3N2NaO2. The van der Waals surface area contributed by atoms with Gasteiger partial charge in [-0.3, -0.25) is 4.98 Å². The number of carboxylic acid groups (broad SMARTS) is 1. The van der Waals surface area contributed by atoms with E-state index < -0.39 is 17.7 Å². The third kappa shape index (κ3) is 4.12. The Balaban J connectivity index is 0.00000225. The van der Waals surface area contributed by atoms with Crippen LogP contribution < -0.4 is 5.32 Å². The van der Waals surface area contributed by atoms with Crippen molar-refractivity contribution < 1.29 is 23.1 Å². The molecule has 0 spiro atoms. The quantitative estimate of drug-likeness (QED) is 0.687. The number of aromatic nitrogens is 1. The number of halogens is 3. The van der Waals surface area contributed by atoms with Crippen molar-refractivity contribution in [1.29, 1.82) is 0 Å². The molecule has 0 unspecified atom stereocenters. The van der Waals surface area contributed by atoms with E-state index >= 15 is 0 Å². The first-order valence-electron chi connectivity index (χ1n) is 6.91. The summed E-state index contributed by atoms with van der Waals surface area (Å²) < 4.78 is 38.4. The third-order valence-corrected chi connectivity index (χ3v) is 3.50. The van der Waals surface area contributed by atoms with E-state index in [-0.39, 0.29) is 40.6 Å². The van der Waals surface area contributed by atoms with Gasteiger partial charge in [0.05, 0.1) is 22.3 Å². The van der Waals surface area contributed by atoms with E-state index in [1.165, 1.54) is 18.3 Å². The summed E-state index contributed by atoms with van der Waals surface area (Å²) in [6, 6.07) is 11.1. The summed E-state index contributed by atoms with van der Waals surface area (Å²) in [7, 11) is 0. The number of nitrogens with one attached hydrogen (secondary N) is 1. The Morgan fingerprint density at radius 2 is 1.76 bits per heavy atom. The number of rotatable bonds is 3. The van der Waals surface area contributed by atoms with Crippen molar-refractivity contribution in [3.05, 3.63) is 65.9 Å². The van der Waals surface area contributed by atoms with Gasteiger partial charge in [0.2, 0.25) is 0 Å². The number of carbonyl (C=O) groups is 1. The second-order valence-corrected chi connectivity index (χ2v) is 5.06. The van der Waals surface area contributed by atoms with Crippen LogP contribution in [0.4, 0.5) is 24.5 Å². The fraction of sp³-hybridized carbons (Fsp3) is 0.0588. The monoisotopic (exact) mass is 355 g/mol. The number of nitrogens with zero attached hydrogens (tertiary/aromatic N) is 1. The summed E-state index contributed by atoms with van der Waals surface area (Å²) in [4.78, 5) is 15.2. The molecule has 3 rings (SSSR count). The first-order valence-corrected chi connectivity index (χ1v) is 6.91. The van der Waals surface area contributed by atoms with Crippen LogP contribution in [0, 0.1) is 0 Å². The van der Waals surface area contributed by atoms with Gasteiger partial charge in [-0.2, -0.15) is 13.2 Å². The van der Waals surface area contributed by atoms with Crippen LogP contribution in [0.5, 0.6) is 0 Å². The molecule has 3 aromatic rings. The Hall–Kier alpha value is -2.09. The number of fused-ring (bicyclic) bond motifs is 1. The largest absolute Gasteiger partial charge is 0.478 e. The molecule has 1 heterocycles. The zero-order valence-electron chi connectivity index (χ0n) is 13.1. The van der Waals surface area contributed by atoms with Crippen LogP contribution in [0.25, 0.3) is 10.9 Å². The van der Waals surface area contributed by atoms with Gasteiger partial charge in [0, 0.05) is 46.8 Å². The number of carboxylic acids is 1. The fourth-order valence-corrected chi connectivity index (χ4v) is 2.36. The maximum atomic E-state index is 12.8. The topological polar surface area (TPSA) is 62.2 Å². The van der Waals surface area contributed by atoms with Crippen LogP contribution in [0.2, 0.25) is 0 Å². The molecule has 0 saturated carbocycles. The summed E-state index contributed by atoms with van der Waals surface area (Å²) >= 11 is 0. The van der Waals surface area contributed by atoms with Crippen molar-refractivity contribution in [1.82, 2.24) is 4.98 Å². The van der Waals surface area contributed by atoms with Gasteiger partial charge in [0.15, 0.2) is 0 Å². The predicted octanol–water partition coefficient (Wildman–Crippen LogP) is 4.31. The Labute approximate surface area is 163 Å². The average Bonchev–Trinajstić information content (AvgIpc) is 2.54. The van der Waals surface area contributed by atoms with Gasteiger partial charge in [0.25, 0.3) is 0 Å². The molecule has 0 aliphatic heterocycles. The smallest absolute Gasteiger partial charge is 0.416 e. The molecule has 0 bridgehead atoms. The molecule has 25 heavy (non-hydrogen) atoms. The van der Waals surface area contributed by atoms with Gasteiger partial charge in [-0.25, -0.2) is 4.79 Å². The van der Waals surface area contributed by atoms with E-state index in [0.717, 1.165) is 12.1 Å². The molecule has 0 aliphatic carbocycles. The van der Waals surface area contributed by atoms with Gasteiger partial charge in [-0.1, -0.05) is 18.2 Å². The summed E-state index contributed by atoms with van der Waals surface area (Å²) in [6.45, 7) is 0. The SMILES string of the molecule is O=C(O)c1ccccc1Nc1ccnc2cc(C(F)(F)F)ccc12.[Na]. The second-order valence-electron chi connectivity index (χ2n) is 5.06. The number of hydrogen-bond donors (Lipinski definition) is 2.